The first-order valence-electron chi connectivity index (χ1n) is 7.95. The molecule has 0 aliphatic rings. The molecule has 2 aromatic carbocycles. The first-order chi connectivity index (χ1) is 11.6. The van der Waals surface area contributed by atoms with Crippen LogP contribution < -0.4 is 15.4 Å². The maximum absolute atomic E-state index is 11.9. The highest BCUT2D eigenvalue weighted by atomic mass is 16.5. The van der Waals surface area contributed by atoms with E-state index in [9.17, 15) is 9.59 Å². The fraction of sp³-hybridized carbons (Fsp3) is 0.263. The number of benzene rings is 2. The molecule has 0 saturated heterocycles. The van der Waals surface area contributed by atoms with Crippen molar-refractivity contribution in [1.29, 1.82) is 0 Å². The molecule has 5 nitrogen and oxygen atoms in total. The average molecular weight is 326 g/mol. The van der Waals surface area contributed by atoms with Crippen LogP contribution in [0, 0.1) is 0 Å². The maximum atomic E-state index is 11.9. The zero-order chi connectivity index (χ0) is 17.4. The predicted molar refractivity (Wildman–Crippen MR) is 92.5 cm³/mol. The smallest absolute Gasteiger partial charge is 0.309 e. The fourth-order valence-electron chi connectivity index (χ4n) is 2.22. The Morgan fingerprint density at radius 2 is 1.67 bits per heavy atom. The van der Waals surface area contributed by atoms with Crippen molar-refractivity contribution < 1.29 is 14.3 Å². The van der Waals surface area contributed by atoms with Crippen molar-refractivity contribution in [3.05, 3.63) is 65.7 Å². The van der Waals surface area contributed by atoms with E-state index < -0.39 is 11.8 Å². The molecule has 24 heavy (non-hydrogen) atoms. The second kappa shape index (κ2) is 8.72. The van der Waals surface area contributed by atoms with Gasteiger partial charge < -0.3 is 15.4 Å². The molecule has 0 radical (unpaired) electrons. The number of amides is 2. The molecule has 0 aliphatic heterocycles. The first-order valence-corrected chi connectivity index (χ1v) is 7.95. The van der Waals surface area contributed by atoms with E-state index in [1.807, 2.05) is 68.4 Å². The van der Waals surface area contributed by atoms with Gasteiger partial charge in [-0.1, -0.05) is 42.5 Å². The zero-order valence-corrected chi connectivity index (χ0v) is 13.9. The summed E-state index contributed by atoms with van der Waals surface area (Å²) in [5, 5.41) is 5.30. The van der Waals surface area contributed by atoms with Crippen molar-refractivity contribution in [2.45, 2.75) is 26.4 Å². The maximum Gasteiger partial charge on any atom is 0.309 e. The Hall–Kier alpha value is -2.82. The van der Waals surface area contributed by atoms with E-state index in [0.29, 0.717) is 13.2 Å². The highest BCUT2D eigenvalue weighted by Crippen LogP contribution is 2.12. The molecule has 2 aromatic rings. The van der Waals surface area contributed by atoms with Gasteiger partial charge in [-0.2, -0.15) is 0 Å². The van der Waals surface area contributed by atoms with Crippen LogP contribution in [-0.2, 0) is 16.1 Å². The summed E-state index contributed by atoms with van der Waals surface area (Å²) in [6.45, 7) is 4.66. The van der Waals surface area contributed by atoms with Gasteiger partial charge in [0.15, 0.2) is 0 Å². The van der Waals surface area contributed by atoms with Gasteiger partial charge in [-0.05, 0) is 37.1 Å². The number of carbonyl (C=O) groups is 2. The Kier molecular flexibility index (Phi) is 6.37. The van der Waals surface area contributed by atoms with Gasteiger partial charge in [0.1, 0.15) is 5.75 Å². The van der Waals surface area contributed by atoms with E-state index >= 15 is 0 Å². The minimum absolute atomic E-state index is 0.227. The lowest BCUT2D eigenvalue weighted by Crippen LogP contribution is -2.40. The highest BCUT2D eigenvalue weighted by Gasteiger charge is 2.16. The van der Waals surface area contributed by atoms with Crippen molar-refractivity contribution in [2.24, 2.45) is 0 Å². The van der Waals surface area contributed by atoms with Crippen LogP contribution in [0.2, 0.25) is 0 Å². The van der Waals surface area contributed by atoms with Crippen LogP contribution in [0.15, 0.2) is 54.6 Å². The predicted octanol–water partition coefficient (Wildman–Crippen LogP) is 2.58. The molecule has 0 unspecified atom stereocenters. The molecule has 2 rings (SSSR count). The molecule has 0 heterocycles. The van der Waals surface area contributed by atoms with Gasteiger partial charge in [0.25, 0.3) is 0 Å². The summed E-state index contributed by atoms with van der Waals surface area (Å²) in [6.07, 6.45) is 0. The second-order valence-corrected chi connectivity index (χ2v) is 5.37. The largest absolute Gasteiger partial charge is 0.494 e. The Morgan fingerprint density at radius 1 is 1.00 bits per heavy atom. The van der Waals surface area contributed by atoms with Crippen molar-refractivity contribution >= 4 is 11.8 Å². The molecule has 5 heteroatoms. The van der Waals surface area contributed by atoms with E-state index in [-0.39, 0.29) is 6.04 Å². The first kappa shape index (κ1) is 17.5. The van der Waals surface area contributed by atoms with Crippen molar-refractivity contribution in [1.82, 2.24) is 10.6 Å². The van der Waals surface area contributed by atoms with Gasteiger partial charge in [0, 0.05) is 6.54 Å². The number of carbonyl (C=O) groups excluding carboxylic acids is 2. The molecule has 0 fully saturated rings. The monoisotopic (exact) mass is 326 g/mol. The molecule has 0 saturated carbocycles. The summed E-state index contributed by atoms with van der Waals surface area (Å²) in [5.41, 5.74) is 1.85. The van der Waals surface area contributed by atoms with E-state index in [1.54, 1.807) is 0 Å². The molecule has 0 bridgehead atoms. The third-order valence-electron chi connectivity index (χ3n) is 3.54. The lowest BCUT2D eigenvalue weighted by molar-refractivity contribution is -0.139. The third kappa shape index (κ3) is 5.12. The zero-order valence-electron chi connectivity index (χ0n) is 13.9. The molecule has 2 N–H and O–H groups in total. The standard InChI is InChI=1S/C19H22N2O3/c1-3-24-17-11-9-15(10-12-17)13-20-18(22)19(23)21-14(2)16-7-5-4-6-8-16/h4-12,14H,3,13H2,1-2H3,(H,20,22)(H,21,23)/t14-/m1/s1. The Balaban J connectivity index is 1.82. The lowest BCUT2D eigenvalue weighted by Gasteiger charge is -2.14. The van der Waals surface area contributed by atoms with Crippen LogP contribution in [-0.4, -0.2) is 18.4 Å². The number of ether oxygens (including phenoxy) is 1. The van der Waals surface area contributed by atoms with Crippen LogP contribution in [0.25, 0.3) is 0 Å². The molecule has 0 spiro atoms. The molecule has 1 atom stereocenters. The van der Waals surface area contributed by atoms with Crippen LogP contribution in [0.5, 0.6) is 5.75 Å². The third-order valence-corrected chi connectivity index (χ3v) is 3.54. The number of nitrogens with one attached hydrogen (secondary N) is 2. The number of hydrogen-bond acceptors (Lipinski definition) is 3. The topological polar surface area (TPSA) is 67.4 Å². The molecule has 0 aromatic heterocycles. The van der Waals surface area contributed by atoms with Crippen molar-refractivity contribution in [3.63, 3.8) is 0 Å². The number of rotatable bonds is 6. The van der Waals surface area contributed by atoms with E-state index in [2.05, 4.69) is 10.6 Å². The van der Waals surface area contributed by atoms with Crippen LogP contribution in [0.4, 0.5) is 0 Å². The van der Waals surface area contributed by atoms with Gasteiger partial charge in [0.2, 0.25) is 0 Å². The van der Waals surface area contributed by atoms with E-state index in [4.69, 9.17) is 4.74 Å². The summed E-state index contributed by atoms with van der Waals surface area (Å²) in [6, 6.07) is 16.7. The minimum atomic E-state index is -0.647. The SMILES string of the molecule is CCOc1ccc(CNC(=O)C(=O)N[C@H](C)c2ccccc2)cc1. The molecular weight excluding hydrogens is 304 g/mol. The molecule has 0 aliphatic carbocycles. The van der Waals surface area contributed by atoms with Crippen LogP contribution in [0.1, 0.15) is 31.0 Å². The van der Waals surface area contributed by atoms with Gasteiger partial charge in [-0.15, -0.1) is 0 Å². The number of hydrogen-bond donors (Lipinski definition) is 2. The Labute approximate surface area is 142 Å². The normalized spacial score (nSPS) is 11.4. The lowest BCUT2D eigenvalue weighted by atomic mass is 10.1. The summed E-state index contributed by atoms with van der Waals surface area (Å²) < 4.78 is 5.36. The molecular formula is C19H22N2O3. The summed E-state index contributed by atoms with van der Waals surface area (Å²) in [5.74, 6) is -0.508. The highest BCUT2D eigenvalue weighted by molar-refractivity contribution is 6.35. The second-order valence-electron chi connectivity index (χ2n) is 5.37. The Morgan fingerprint density at radius 3 is 2.29 bits per heavy atom. The van der Waals surface area contributed by atoms with E-state index in [0.717, 1.165) is 16.9 Å². The van der Waals surface area contributed by atoms with Crippen molar-refractivity contribution in [2.75, 3.05) is 6.61 Å². The molecule has 2 amide bonds. The van der Waals surface area contributed by atoms with Gasteiger partial charge >= 0.3 is 11.8 Å². The average Bonchev–Trinajstić information content (AvgIpc) is 2.61. The summed E-state index contributed by atoms with van der Waals surface area (Å²) >= 11 is 0. The van der Waals surface area contributed by atoms with Gasteiger partial charge in [-0.25, -0.2) is 0 Å². The Bertz CT molecular complexity index is 669. The quantitative estimate of drug-likeness (QED) is 0.802. The minimum Gasteiger partial charge on any atom is -0.494 e. The van der Waals surface area contributed by atoms with Crippen LogP contribution >= 0.6 is 0 Å². The molecule has 126 valence electrons. The van der Waals surface area contributed by atoms with Gasteiger partial charge in [0.05, 0.1) is 12.6 Å². The summed E-state index contributed by atoms with van der Waals surface area (Å²) in [7, 11) is 0. The van der Waals surface area contributed by atoms with E-state index in [1.165, 1.54) is 0 Å². The fourth-order valence-corrected chi connectivity index (χ4v) is 2.22. The van der Waals surface area contributed by atoms with Gasteiger partial charge in [-0.3, -0.25) is 9.59 Å². The summed E-state index contributed by atoms with van der Waals surface area (Å²) in [4.78, 5) is 23.8. The van der Waals surface area contributed by atoms with Crippen molar-refractivity contribution in [3.8, 4) is 5.75 Å². The van der Waals surface area contributed by atoms with Crippen LogP contribution in [0.3, 0.4) is 0 Å².